The van der Waals surface area contributed by atoms with E-state index in [2.05, 4.69) is 20.7 Å². The molecule has 0 aliphatic heterocycles. The summed E-state index contributed by atoms with van der Waals surface area (Å²) >= 11 is 1.55. The van der Waals surface area contributed by atoms with Crippen LogP contribution in [0.5, 0.6) is 11.6 Å². The fraction of sp³-hybridized carbons (Fsp3) is 0.138. The number of pyridine rings is 1. The van der Waals surface area contributed by atoms with Crippen molar-refractivity contribution in [3.8, 4) is 17.3 Å². The third kappa shape index (κ3) is 5.59. The van der Waals surface area contributed by atoms with E-state index in [0.29, 0.717) is 45.7 Å². The molecule has 0 atom stereocenters. The number of hydrogen-bond donors (Lipinski definition) is 2. The normalized spacial score (nSPS) is 11.2. The quantitative estimate of drug-likeness (QED) is 0.158. The van der Waals surface area contributed by atoms with Crippen LogP contribution in [0.25, 0.3) is 16.5 Å². The number of rotatable bonds is 9. The van der Waals surface area contributed by atoms with Crippen LogP contribution in [-0.2, 0) is 12.8 Å². The molecule has 0 spiro atoms. The Hall–Kier alpha value is -4.90. The Balaban J connectivity index is 1.36. The number of aryl methyl sites for hydroxylation is 1. The second-order valence-electron chi connectivity index (χ2n) is 8.76. The van der Waals surface area contributed by atoms with Crippen LogP contribution < -0.4 is 15.7 Å². The first-order valence-corrected chi connectivity index (χ1v) is 13.4. The zero-order valence-corrected chi connectivity index (χ0v) is 22.6. The van der Waals surface area contributed by atoms with Crippen LogP contribution in [0.4, 0.5) is 0 Å². The summed E-state index contributed by atoms with van der Waals surface area (Å²) in [5, 5.41) is 24.9. The second kappa shape index (κ2) is 11.9. The fourth-order valence-corrected chi connectivity index (χ4v) is 4.95. The molecule has 0 radical (unpaired) electrons. The van der Waals surface area contributed by atoms with Gasteiger partial charge >= 0.3 is 0 Å². The lowest BCUT2D eigenvalue weighted by molar-refractivity contribution is 0.0955. The molecule has 2 N–H and O–H groups in total. The van der Waals surface area contributed by atoms with Crippen LogP contribution in [-0.4, -0.2) is 43.2 Å². The number of benzene rings is 3. The molecule has 5 aromatic rings. The van der Waals surface area contributed by atoms with E-state index in [1.165, 1.54) is 10.8 Å². The third-order valence-corrected chi connectivity index (χ3v) is 7.23. The van der Waals surface area contributed by atoms with E-state index in [0.717, 1.165) is 10.7 Å². The molecule has 202 valence electrons. The maximum Gasteiger partial charge on any atom is 0.271 e. The average molecular weight is 555 g/mol. The molecule has 0 bridgehead atoms. The van der Waals surface area contributed by atoms with Gasteiger partial charge in [0.25, 0.3) is 11.5 Å². The van der Waals surface area contributed by atoms with Crippen molar-refractivity contribution < 1.29 is 14.6 Å². The van der Waals surface area contributed by atoms with Crippen molar-refractivity contribution in [2.75, 3.05) is 6.61 Å². The van der Waals surface area contributed by atoms with Crippen LogP contribution in [0.15, 0.2) is 94.2 Å². The molecule has 5 rings (SSSR count). The first kappa shape index (κ1) is 26.7. The summed E-state index contributed by atoms with van der Waals surface area (Å²) < 4.78 is 8.53. The van der Waals surface area contributed by atoms with E-state index in [-0.39, 0.29) is 11.4 Å². The molecule has 0 fully saturated rings. The number of thioether (sulfide) groups is 1. The molecule has 40 heavy (non-hydrogen) atoms. The number of carbonyl (C=O) groups excluding carboxylic acids is 1. The molecule has 2 aromatic heterocycles. The Morgan fingerprint density at radius 2 is 1.80 bits per heavy atom. The zero-order valence-electron chi connectivity index (χ0n) is 21.8. The van der Waals surface area contributed by atoms with Crippen molar-refractivity contribution in [3.05, 3.63) is 106 Å². The number of aromatic nitrogens is 4. The van der Waals surface area contributed by atoms with Crippen molar-refractivity contribution in [3.63, 3.8) is 0 Å². The molecule has 10 nitrogen and oxygen atoms in total. The topological polar surface area (TPSA) is 124 Å². The smallest absolute Gasteiger partial charge is 0.271 e. The summed E-state index contributed by atoms with van der Waals surface area (Å²) in [5.41, 5.74) is 4.34. The van der Waals surface area contributed by atoms with Gasteiger partial charge in [0.05, 0.1) is 24.1 Å². The first-order valence-electron chi connectivity index (χ1n) is 12.5. The van der Waals surface area contributed by atoms with E-state index in [9.17, 15) is 14.7 Å². The molecule has 1 amide bonds. The molecule has 0 saturated carbocycles. The number of aromatic hydroxyl groups is 1. The number of amides is 1. The van der Waals surface area contributed by atoms with Gasteiger partial charge in [-0.3, -0.25) is 9.59 Å². The van der Waals surface area contributed by atoms with Crippen molar-refractivity contribution in [2.45, 2.75) is 17.8 Å². The molecule has 0 aliphatic rings. The van der Waals surface area contributed by atoms with E-state index >= 15 is 0 Å². The number of hydrogen-bond acceptors (Lipinski definition) is 8. The Bertz CT molecular complexity index is 1740. The minimum Gasteiger partial charge on any atom is -0.494 e. The van der Waals surface area contributed by atoms with Gasteiger partial charge in [0.1, 0.15) is 12.1 Å². The van der Waals surface area contributed by atoms with Crippen LogP contribution in [0, 0.1) is 0 Å². The van der Waals surface area contributed by atoms with Gasteiger partial charge in [-0.05, 0) is 55.0 Å². The summed E-state index contributed by atoms with van der Waals surface area (Å²) in [6.45, 7) is 2.40. The first-order chi connectivity index (χ1) is 19.5. The van der Waals surface area contributed by atoms with Gasteiger partial charge in [-0.15, -0.1) is 10.2 Å². The van der Waals surface area contributed by atoms with Gasteiger partial charge in [0.15, 0.2) is 5.16 Å². The van der Waals surface area contributed by atoms with Crippen molar-refractivity contribution in [1.82, 2.24) is 24.8 Å². The molecular formula is C29H26N6O4S. The molecule has 0 aliphatic carbocycles. The molecule has 3 aromatic carbocycles. The number of nitrogens with zero attached hydrogens (tertiary/aromatic N) is 5. The molecule has 2 heterocycles. The zero-order chi connectivity index (χ0) is 28.1. The molecule has 11 heteroatoms. The lowest BCUT2D eigenvalue weighted by Gasteiger charge is -2.14. The Kier molecular flexibility index (Phi) is 7.92. The highest BCUT2D eigenvalue weighted by Gasteiger charge is 2.16. The predicted molar refractivity (Wildman–Crippen MR) is 154 cm³/mol. The van der Waals surface area contributed by atoms with E-state index < -0.39 is 5.91 Å². The summed E-state index contributed by atoms with van der Waals surface area (Å²) in [4.78, 5) is 26.0. The highest BCUT2D eigenvalue weighted by atomic mass is 32.2. The van der Waals surface area contributed by atoms with Crippen LogP contribution >= 0.6 is 11.8 Å². The number of ether oxygens (including phenoxy) is 1. The number of carbonyl (C=O) groups is 1. The second-order valence-corrected chi connectivity index (χ2v) is 9.70. The van der Waals surface area contributed by atoms with Gasteiger partial charge in [-0.25, -0.2) is 9.99 Å². The number of fused-ring (bicyclic) bond motifs is 1. The van der Waals surface area contributed by atoms with E-state index in [1.54, 1.807) is 78.8 Å². The molecular weight excluding hydrogens is 528 g/mol. The van der Waals surface area contributed by atoms with Gasteiger partial charge in [0, 0.05) is 29.1 Å². The SMILES string of the molecule is CCOc1ccc(-n2c(O)c(C=NNC(=O)c3ccc(CSc4nncn4C)cc3)c3ccccc3c2=O)cc1. The Morgan fingerprint density at radius 1 is 1.07 bits per heavy atom. The highest BCUT2D eigenvalue weighted by molar-refractivity contribution is 7.98. The highest BCUT2D eigenvalue weighted by Crippen LogP contribution is 2.27. The Labute approximate surface area is 233 Å². The monoisotopic (exact) mass is 554 g/mol. The summed E-state index contributed by atoms with van der Waals surface area (Å²) in [7, 11) is 1.88. The van der Waals surface area contributed by atoms with Crippen LogP contribution in [0.1, 0.15) is 28.4 Å². The maximum absolute atomic E-state index is 13.3. The van der Waals surface area contributed by atoms with Gasteiger partial charge in [0.2, 0.25) is 5.88 Å². The van der Waals surface area contributed by atoms with Gasteiger partial charge in [-0.1, -0.05) is 42.1 Å². The number of hydrazone groups is 1. The standard InChI is InChI=1S/C29H26N6O4S/c1-3-39-22-14-12-21(13-15-22)35-27(37)24-7-5-4-6-23(24)25(28(35)38)16-30-32-26(36)20-10-8-19(9-11-20)17-40-29-33-31-18-34(29)2/h4-16,18,38H,3,17H2,1-2H3,(H,32,36). The Morgan fingerprint density at radius 3 is 2.48 bits per heavy atom. The van der Waals surface area contributed by atoms with Crippen molar-refractivity contribution in [2.24, 2.45) is 12.1 Å². The lowest BCUT2D eigenvalue weighted by atomic mass is 10.1. The van der Waals surface area contributed by atoms with Crippen LogP contribution in [0.2, 0.25) is 0 Å². The molecule has 0 saturated heterocycles. The largest absolute Gasteiger partial charge is 0.494 e. The minimum absolute atomic E-state index is 0.292. The van der Waals surface area contributed by atoms with Gasteiger partial charge < -0.3 is 14.4 Å². The van der Waals surface area contributed by atoms with Crippen molar-refractivity contribution in [1.29, 1.82) is 0 Å². The van der Waals surface area contributed by atoms with E-state index in [1.807, 2.05) is 30.7 Å². The fourth-order valence-electron chi connectivity index (χ4n) is 4.11. The summed E-state index contributed by atoms with van der Waals surface area (Å²) in [6, 6.07) is 20.9. The van der Waals surface area contributed by atoms with Gasteiger partial charge in [-0.2, -0.15) is 5.10 Å². The van der Waals surface area contributed by atoms with Crippen molar-refractivity contribution >= 4 is 34.7 Å². The van der Waals surface area contributed by atoms with E-state index in [4.69, 9.17) is 4.74 Å². The third-order valence-electron chi connectivity index (χ3n) is 6.12. The lowest BCUT2D eigenvalue weighted by Crippen LogP contribution is -2.21. The minimum atomic E-state index is -0.410. The number of nitrogens with one attached hydrogen (secondary N) is 1. The average Bonchev–Trinajstić information content (AvgIpc) is 3.39. The van der Waals surface area contributed by atoms with Crippen LogP contribution in [0.3, 0.4) is 0 Å². The predicted octanol–water partition coefficient (Wildman–Crippen LogP) is 4.28. The molecule has 0 unspecified atom stereocenters. The summed E-state index contributed by atoms with van der Waals surface area (Å²) in [6.07, 6.45) is 2.99. The summed E-state index contributed by atoms with van der Waals surface area (Å²) in [5.74, 6) is 0.632. The maximum atomic E-state index is 13.3.